The Bertz CT molecular complexity index is 470. The number of aliphatic carboxylic acids is 1. The third-order valence-electron chi connectivity index (χ3n) is 2.75. The van der Waals surface area contributed by atoms with Gasteiger partial charge in [0.25, 0.3) is 0 Å². The molecule has 0 bridgehead atoms. The minimum absolute atomic E-state index is 0.0193. The maximum Gasteiger partial charge on any atom is 0.309 e. The molecule has 0 amide bonds. The molecular weight excluding hydrogens is 272 g/mol. The van der Waals surface area contributed by atoms with E-state index in [2.05, 4.69) is 36.9 Å². The Morgan fingerprint density at radius 3 is 2.45 bits per heavy atom. The van der Waals surface area contributed by atoms with Crippen molar-refractivity contribution in [3.8, 4) is 0 Å². The second-order valence-electron chi connectivity index (χ2n) is 4.92. The third kappa shape index (κ3) is 4.90. The number of thiazole rings is 1. The molecule has 0 spiro atoms. The number of aromatic nitrogens is 1. The first-order valence-corrected chi connectivity index (χ1v) is 7.44. The van der Waals surface area contributed by atoms with Crippen LogP contribution in [-0.4, -0.2) is 34.0 Å². The van der Waals surface area contributed by atoms with Crippen molar-refractivity contribution in [1.29, 1.82) is 0 Å². The molecule has 0 atom stereocenters. The fourth-order valence-corrected chi connectivity index (χ4v) is 2.95. The van der Waals surface area contributed by atoms with E-state index >= 15 is 0 Å². The summed E-state index contributed by atoms with van der Waals surface area (Å²) in [6.07, 6.45) is 3.66. The molecule has 0 saturated heterocycles. The monoisotopic (exact) mass is 294 g/mol. The van der Waals surface area contributed by atoms with E-state index in [1.165, 1.54) is 0 Å². The van der Waals surface area contributed by atoms with Crippen LogP contribution in [0.25, 0.3) is 0 Å². The first-order chi connectivity index (χ1) is 9.47. The van der Waals surface area contributed by atoms with E-state index in [4.69, 9.17) is 5.11 Å². The molecule has 0 unspecified atom stereocenters. The number of rotatable bonds is 9. The third-order valence-corrected chi connectivity index (χ3v) is 4.13. The van der Waals surface area contributed by atoms with Crippen LogP contribution >= 0.6 is 11.3 Å². The average molecular weight is 294 g/mol. The summed E-state index contributed by atoms with van der Waals surface area (Å²) in [6, 6.07) is 0. The molecule has 0 aromatic carbocycles. The van der Waals surface area contributed by atoms with Crippen LogP contribution < -0.4 is 0 Å². The summed E-state index contributed by atoms with van der Waals surface area (Å²) in [6.45, 7) is 13.8. The summed E-state index contributed by atoms with van der Waals surface area (Å²) >= 11 is 1.60. The molecule has 5 heteroatoms. The minimum atomic E-state index is -0.842. The fourth-order valence-electron chi connectivity index (χ4n) is 1.83. The lowest BCUT2D eigenvalue weighted by Gasteiger charge is -2.18. The second-order valence-corrected chi connectivity index (χ2v) is 6.03. The van der Waals surface area contributed by atoms with E-state index in [0.717, 1.165) is 23.0 Å². The van der Waals surface area contributed by atoms with Crippen LogP contribution in [0.3, 0.4) is 0 Å². The largest absolute Gasteiger partial charge is 0.481 e. The van der Waals surface area contributed by atoms with Crippen molar-refractivity contribution in [2.24, 2.45) is 0 Å². The van der Waals surface area contributed by atoms with Crippen molar-refractivity contribution in [2.45, 2.75) is 32.7 Å². The van der Waals surface area contributed by atoms with Gasteiger partial charge in [-0.3, -0.25) is 9.69 Å². The molecule has 0 fully saturated rings. The van der Waals surface area contributed by atoms with E-state index in [0.29, 0.717) is 18.2 Å². The number of nitrogens with zero attached hydrogens (tertiary/aromatic N) is 2. The number of carboxylic acid groups (broad SMARTS) is 1. The molecule has 110 valence electrons. The molecule has 1 aromatic rings. The Labute approximate surface area is 124 Å². The van der Waals surface area contributed by atoms with Gasteiger partial charge in [-0.1, -0.05) is 26.0 Å². The van der Waals surface area contributed by atoms with Gasteiger partial charge in [-0.25, -0.2) is 4.98 Å². The minimum Gasteiger partial charge on any atom is -0.481 e. The first kappa shape index (κ1) is 16.6. The highest BCUT2D eigenvalue weighted by Crippen LogP contribution is 2.26. The van der Waals surface area contributed by atoms with Crippen molar-refractivity contribution in [1.82, 2.24) is 9.88 Å². The molecule has 4 nitrogen and oxygen atoms in total. The van der Waals surface area contributed by atoms with Crippen LogP contribution in [0.1, 0.15) is 35.3 Å². The summed E-state index contributed by atoms with van der Waals surface area (Å²) < 4.78 is 0. The number of hydrogen-bond acceptors (Lipinski definition) is 4. The van der Waals surface area contributed by atoms with E-state index in [-0.39, 0.29) is 6.42 Å². The fraction of sp³-hybridized carbons (Fsp3) is 0.467. The summed E-state index contributed by atoms with van der Waals surface area (Å²) in [5.74, 6) is -0.528. The van der Waals surface area contributed by atoms with Crippen molar-refractivity contribution >= 4 is 17.3 Å². The van der Waals surface area contributed by atoms with Gasteiger partial charge in [0.15, 0.2) is 0 Å². The Hall–Kier alpha value is -1.46. The summed E-state index contributed by atoms with van der Waals surface area (Å²) in [7, 11) is 0. The smallest absolute Gasteiger partial charge is 0.309 e. The van der Waals surface area contributed by atoms with Gasteiger partial charge in [0.2, 0.25) is 0 Å². The van der Waals surface area contributed by atoms with Crippen LogP contribution in [0.2, 0.25) is 0 Å². The summed E-state index contributed by atoms with van der Waals surface area (Å²) in [4.78, 5) is 18.6. The van der Waals surface area contributed by atoms with Gasteiger partial charge >= 0.3 is 5.97 Å². The molecular formula is C15H22N2O2S. The summed E-state index contributed by atoms with van der Waals surface area (Å²) in [5, 5.41) is 9.99. The van der Waals surface area contributed by atoms with Crippen molar-refractivity contribution in [3.63, 3.8) is 0 Å². The highest BCUT2D eigenvalue weighted by atomic mass is 32.1. The van der Waals surface area contributed by atoms with E-state index in [1.807, 2.05) is 12.2 Å². The van der Waals surface area contributed by atoms with E-state index in [9.17, 15) is 4.79 Å². The molecule has 0 radical (unpaired) electrons. The number of carboxylic acids is 1. The highest BCUT2D eigenvalue weighted by molar-refractivity contribution is 7.11. The van der Waals surface area contributed by atoms with Crippen molar-refractivity contribution < 1.29 is 9.90 Å². The second kappa shape index (κ2) is 7.97. The van der Waals surface area contributed by atoms with Crippen LogP contribution in [0, 0.1) is 0 Å². The zero-order valence-electron chi connectivity index (χ0n) is 12.1. The predicted octanol–water partition coefficient (Wildman–Crippen LogP) is 3.07. The number of hydrogen-bond donors (Lipinski definition) is 1. The Balaban J connectivity index is 2.97. The van der Waals surface area contributed by atoms with Crippen LogP contribution in [0.15, 0.2) is 25.3 Å². The molecule has 1 heterocycles. The van der Waals surface area contributed by atoms with Crippen molar-refractivity contribution in [2.75, 3.05) is 13.1 Å². The van der Waals surface area contributed by atoms with Gasteiger partial charge < -0.3 is 5.11 Å². The molecule has 1 rings (SSSR count). The lowest BCUT2D eigenvalue weighted by molar-refractivity contribution is -0.136. The van der Waals surface area contributed by atoms with Crippen molar-refractivity contribution in [3.05, 3.63) is 40.9 Å². The van der Waals surface area contributed by atoms with E-state index in [1.54, 1.807) is 11.3 Å². The number of carbonyl (C=O) groups is 1. The lowest BCUT2D eigenvalue weighted by atomic mass is 10.2. The molecule has 20 heavy (non-hydrogen) atoms. The average Bonchev–Trinajstić information content (AvgIpc) is 2.72. The molecule has 1 aromatic heterocycles. The van der Waals surface area contributed by atoms with Gasteiger partial charge in [-0.15, -0.1) is 24.5 Å². The molecule has 1 N–H and O–H groups in total. The zero-order valence-corrected chi connectivity index (χ0v) is 12.9. The van der Waals surface area contributed by atoms with Crippen LogP contribution in [0.4, 0.5) is 0 Å². The standard InChI is InChI=1S/C15H22N2O2S/c1-5-7-17(8-6-2)10-13-12(9-14(18)19)16-15(20-13)11(3)4/h5-6,11H,1-2,7-10H2,3-4H3,(H,18,19). The Kier molecular flexibility index (Phi) is 6.61. The predicted molar refractivity (Wildman–Crippen MR) is 83.2 cm³/mol. The topological polar surface area (TPSA) is 53.4 Å². The Morgan fingerprint density at radius 1 is 1.40 bits per heavy atom. The quantitative estimate of drug-likeness (QED) is 0.711. The zero-order chi connectivity index (χ0) is 15.1. The van der Waals surface area contributed by atoms with Gasteiger partial charge in [-0.05, 0) is 0 Å². The maximum absolute atomic E-state index is 11.0. The molecule has 0 aliphatic rings. The van der Waals surface area contributed by atoms with E-state index < -0.39 is 5.97 Å². The normalized spacial score (nSPS) is 11.0. The molecule has 0 aliphatic heterocycles. The molecule has 0 aliphatic carbocycles. The SMILES string of the molecule is C=CCN(CC=C)Cc1sc(C(C)C)nc1CC(=O)O. The molecule has 0 saturated carbocycles. The van der Waals surface area contributed by atoms with Crippen LogP contribution in [0.5, 0.6) is 0 Å². The van der Waals surface area contributed by atoms with Gasteiger partial charge in [0.1, 0.15) is 0 Å². The lowest BCUT2D eigenvalue weighted by Crippen LogP contribution is -2.23. The first-order valence-electron chi connectivity index (χ1n) is 6.62. The van der Waals surface area contributed by atoms with Gasteiger partial charge in [0.05, 0.1) is 17.1 Å². The Morgan fingerprint density at radius 2 is 2.00 bits per heavy atom. The maximum atomic E-state index is 11.0. The van der Waals surface area contributed by atoms with Gasteiger partial charge in [0, 0.05) is 30.4 Å². The summed E-state index contributed by atoms with van der Waals surface area (Å²) in [5.41, 5.74) is 0.685. The highest BCUT2D eigenvalue weighted by Gasteiger charge is 2.17. The van der Waals surface area contributed by atoms with Crippen LogP contribution in [-0.2, 0) is 17.8 Å². The van der Waals surface area contributed by atoms with Gasteiger partial charge in [-0.2, -0.15) is 0 Å².